The van der Waals surface area contributed by atoms with Gasteiger partial charge >= 0.3 is 0 Å². The molecule has 4 nitrogen and oxygen atoms in total. The summed E-state index contributed by atoms with van der Waals surface area (Å²) < 4.78 is 7.60. The fraction of sp³-hybridized carbons (Fsp3) is 0.250. The lowest BCUT2D eigenvalue weighted by molar-refractivity contribution is 0.317. The summed E-state index contributed by atoms with van der Waals surface area (Å²) in [4.78, 5) is 0. The first kappa shape index (κ1) is 10.6. The molecule has 0 spiro atoms. The standard InChI is InChI=1S/C12H12ClN3O/c13-9-1-3-11(4-2-9)17-12-7-15-16(8-12)10-5-14-6-10/h1-4,7-8,10,14H,5-6H2. The summed E-state index contributed by atoms with van der Waals surface area (Å²) in [5.41, 5.74) is 0. The van der Waals surface area contributed by atoms with E-state index >= 15 is 0 Å². The predicted octanol–water partition coefficient (Wildman–Crippen LogP) is 2.47. The fourth-order valence-corrected chi connectivity index (χ4v) is 1.80. The molecule has 1 aromatic heterocycles. The van der Waals surface area contributed by atoms with Crippen LogP contribution < -0.4 is 10.1 Å². The molecule has 3 rings (SSSR count). The van der Waals surface area contributed by atoms with Crippen LogP contribution in [-0.4, -0.2) is 22.9 Å². The Bertz CT molecular complexity index is 505. The largest absolute Gasteiger partial charge is 0.454 e. The van der Waals surface area contributed by atoms with Crippen LogP contribution in [0.15, 0.2) is 36.7 Å². The van der Waals surface area contributed by atoms with Gasteiger partial charge in [-0.05, 0) is 24.3 Å². The third-order valence-corrected chi connectivity index (χ3v) is 3.01. The first-order valence-electron chi connectivity index (χ1n) is 5.49. The van der Waals surface area contributed by atoms with Crippen LogP contribution in [0.4, 0.5) is 0 Å². The predicted molar refractivity (Wildman–Crippen MR) is 65.7 cm³/mol. The van der Waals surface area contributed by atoms with Crippen molar-refractivity contribution in [1.82, 2.24) is 15.1 Å². The van der Waals surface area contributed by atoms with Crippen molar-refractivity contribution in [2.75, 3.05) is 13.1 Å². The quantitative estimate of drug-likeness (QED) is 0.908. The number of benzene rings is 1. The number of nitrogens with one attached hydrogen (secondary N) is 1. The Kier molecular flexibility index (Phi) is 2.74. The van der Waals surface area contributed by atoms with Gasteiger partial charge in [0.05, 0.1) is 18.4 Å². The molecule has 0 radical (unpaired) electrons. The molecule has 2 aromatic rings. The monoisotopic (exact) mass is 249 g/mol. The van der Waals surface area contributed by atoms with E-state index in [2.05, 4.69) is 10.4 Å². The zero-order valence-electron chi connectivity index (χ0n) is 9.14. The van der Waals surface area contributed by atoms with E-state index in [-0.39, 0.29) is 0 Å². The molecule has 1 fully saturated rings. The summed E-state index contributed by atoms with van der Waals surface area (Å²) in [6, 6.07) is 7.74. The molecular formula is C12H12ClN3O. The lowest BCUT2D eigenvalue weighted by atomic mass is 10.2. The second kappa shape index (κ2) is 4.39. The highest BCUT2D eigenvalue weighted by Crippen LogP contribution is 2.23. The SMILES string of the molecule is Clc1ccc(Oc2cnn(C3CNC3)c2)cc1. The highest BCUT2D eigenvalue weighted by Gasteiger charge is 2.19. The molecule has 1 aromatic carbocycles. The van der Waals surface area contributed by atoms with Crippen molar-refractivity contribution in [3.05, 3.63) is 41.7 Å². The Morgan fingerprint density at radius 1 is 1.24 bits per heavy atom. The van der Waals surface area contributed by atoms with E-state index in [9.17, 15) is 0 Å². The van der Waals surface area contributed by atoms with E-state index in [1.807, 2.05) is 23.0 Å². The van der Waals surface area contributed by atoms with Crippen LogP contribution in [-0.2, 0) is 0 Å². The number of aromatic nitrogens is 2. The fourth-order valence-electron chi connectivity index (χ4n) is 1.67. The first-order chi connectivity index (χ1) is 8.31. The molecule has 88 valence electrons. The molecule has 0 unspecified atom stereocenters. The Morgan fingerprint density at radius 3 is 2.65 bits per heavy atom. The normalized spacial score (nSPS) is 15.6. The topological polar surface area (TPSA) is 39.1 Å². The molecule has 0 saturated carbocycles. The van der Waals surface area contributed by atoms with Gasteiger partial charge in [0.1, 0.15) is 5.75 Å². The third kappa shape index (κ3) is 2.28. The molecule has 0 aliphatic carbocycles. The zero-order valence-corrected chi connectivity index (χ0v) is 9.89. The number of ether oxygens (including phenoxy) is 1. The van der Waals surface area contributed by atoms with Crippen LogP contribution in [0.3, 0.4) is 0 Å². The smallest absolute Gasteiger partial charge is 0.165 e. The lowest BCUT2D eigenvalue weighted by Crippen LogP contribution is -2.43. The van der Waals surface area contributed by atoms with Gasteiger partial charge in [-0.25, -0.2) is 0 Å². The molecule has 5 heteroatoms. The van der Waals surface area contributed by atoms with Gasteiger partial charge in [-0.2, -0.15) is 5.10 Å². The summed E-state index contributed by atoms with van der Waals surface area (Å²) in [5.74, 6) is 1.51. The maximum atomic E-state index is 5.81. The maximum absolute atomic E-state index is 5.81. The summed E-state index contributed by atoms with van der Waals surface area (Å²) >= 11 is 5.81. The minimum absolute atomic E-state index is 0.456. The second-order valence-electron chi connectivity index (χ2n) is 4.02. The number of halogens is 1. The third-order valence-electron chi connectivity index (χ3n) is 2.76. The van der Waals surface area contributed by atoms with Gasteiger partial charge in [-0.15, -0.1) is 0 Å². The average molecular weight is 250 g/mol. The summed E-state index contributed by atoms with van der Waals surface area (Å²) in [5, 5.41) is 8.19. The molecule has 1 saturated heterocycles. The van der Waals surface area contributed by atoms with Gasteiger partial charge in [-0.1, -0.05) is 11.6 Å². The maximum Gasteiger partial charge on any atom is 0.165 e. The number of hydrogen-bond acceptors (Lipinski definition) is 3. The van der Waals surface area contributed by atoms with Crippen molar-refractivity contribution in [2.24, 2.45) is 0 Å². The van der Waals surface area contributed by atoms with Gasteiger partial charge in [-0.3, -0.25) is 4.68 Å². The highest BCUT2D eigenvalue weighted by atomic mass is 35.5. The molecule has 1 aliphatic rings. The van der Waals surface area contributed by atoms with Gasteiger partial charge in [0, 0.05) is 18.1 Å². The second-order valence-corrected chi connectivity index (χ2v) is 4.46. The van der Waals surface area contributed by atoms with Crippen molar-refractivity contribution < 1.29 is 4.74 Å². The first-order valence-corrected chi connectivity index (χ1v) is 5.87. The van der Waals surface area contributed by atoms with Crippen molar-refractivity contribution >= 4 is 11.6 Å². The molecule has 0 atom stereocenters. The Hall–Kier alpha value is -1.52. The minimum Gasteiger partial charge on any atom is -0.454 e. The minimum atomic E-state index is 0.456. The summed E-state index contributed by atoms with van der Waals surface area (Å²) in [7, 11) is 0. The van der Waals surface area contributed by atoms with E-state index in [4.69, 9.17) is 16.3 Å². The van der Waals surface area contributed by atoms with E-state index in [0.29, 0.717) is 11.1 Å². The Balaban J connectivity index is 1.72. The molecular weight excluding hydrogens is 238 g/mol. The van der Waals surface area contributed by atoms with Gasteiger partial charge in [0.15, 0.2) is 5.75 Å². The van der Waals surface area contributed by atoms with E-state index in [0.717, 1.165) is 24.6 Å². The number of nitrogens with zero attached hydrogens (tertiary/aromatic N) is 2. The van der Waals surface area contributed by atoms with Crippen LogP contribution in [0.1, 0.15) is 6.04 Å². The molecule has 1 aliphatic heterocycles. The molecule has 2 heterocycles. The average Bonchev–Trinajstić information content (AvgIpc) is 2.67. The van der Waals surface area contributed by atoms with Crippen LogP contribution >= 0.6 is 11.6 Å². The van der Waals surface area contributed by atoms with Crippen molar-refractivity contribution in [1.29, 1.82) is 0 Å². The van der Waals surface area contributed by atoms with E-state index in [1.54, 1.807) is 18.3 Å². The molecule has 1 N–H and O–H groups in total. The van der Waals surface area contributed by atoms with Crippen LogP contribution in [0.2, 0.25) is 5.02 Å². The van der Waals surface area contributed by atoms with Crippen molar-refractivity contribution in [2.45, 2.75) is 6.04 Å². The lowest BCUT2D eigenvalue weighted by Gasteiger charge is -2.26. The number of hydrogen-bond donors (Lipinski definition) is 1. The number of rotatable bonds is 3. The van der Waals surface area contributed by atoms with Crippen molar-refractivity contribution in [3.8, 4) is 11.5 Å². The molecule has 0 amide bonds. The Labute approximate surface area is 104 Å². The summed E-state index contributed by atoms with van der Waals surface area (Å²) in [6.07, 6.45) is 3.65. The van der Waals surface area contributed by atoms with Gasteiger partial charge in [0.2, 0.25) is 0 Å². The van der Waals surface area contributed by atoms with Crippen LogP contribution in [0, 0.1) is 0 Å². The molecule has 17 heavy (non-hydrogen) atoms. The zero-order chi connectivity index (χ0) is 11.7. The van der Waals surface area contributed by atoms with Crippen LogP contribution in [0.25, 0.3) is 0 Å². The molecule has 0 bridgehead atoms. The van der Waals surface area contributed by atoms with Gasteiger partial charge in [0.25, 0.3) is 0 Å². The highest BCUT2D eigenvalue weighted by molar-refractivity contribution is 6.30. The Morgan fingerprint density at radius 2 is 2.00 bits per heavy atom. The van der Waals surface area contributed by atoms with E-state index in [1.165, 1.54) is 0 Å². The van der Waals surface area contributed by atoms with Gasteiger partial charge < -0.3 is 10.1 Å². The summed E-state index contributed by atoms with van der Waals surface area (Å²) in [6.45, 7) is 1.95. The van der Waals surface area contributed by atoms with Crippen molar-refractivity contribution in [3.63, 3.8) is 0 Å². The van der Waals surface area contributed by atoms with E-state index < -0.39 is 0 Å². The van der Waals surface area contributed by atoms with Crippen LogP contribution in [0.5, 0.6) is 11.5 Å².